The Labute approximate surface area is 221 Å². The fourth-order valence-corrected chi connectivity index (χ4v) is 8.01. The molecule has 194 valence electrons. The molecule has 0 radical (unpaired) electrons. The highest BCUT2D eigenvalue weighted by Gasteiger charge is 2.42. The maximum atomic E-state index is 13.4. The van der Waals surface area contributed by atoms with Crippen LogP contribution in [0.25, 0.3) is 6.08 Å². The number of hydrogen-bond acceptors (Lipinski definition) is 9. The summed E-state index contributed by atoms with van der Waals surface area (Å²) >= 11 is 6.63. The molecular formula is C24H31N5O4S3. The Bertz CT molecular complexity index is 1320. The number of sulfone groups is 1. The summed E-state index contributed by atoms with van der Waals surface area (Å²) in [6.45, 7) is 7.38. The van der Waals surface area contributed by atoms with Crippen LogP contribution in [0, 0.1) is 18.3 Å². The van der Waals surface area contributed by atoms with Gasteiger partial charge in [0.2, 0.25) is 0 Å². The van der Waals surface area contributed by atoms with E-state index in [2.05, 4.69) is 29.8 Å². The number of unbranched alkanes of at least 4 members (excludes halogenated alkanes) is 1. The number of aromatic nitrogens is 1. The molecule has 3 fully saturated rings. The maximum Gasteiger partial charge on any atom is 0.270 e. The molecule has 1 unspecified atom stereocenters. The van der Waals surface area contributed by atoms with Crippen molar-refractivity contribution in [2.45, 2.75) is 45.7 Å². The van der Waals surface area contributed by atoms with Gasteiger partial charge < -0.3 is 9.80 Å². The Morgan fingerprint density at radius 3 is 2.50 bits per heavy atom. The fraction of sp³-hybridized carbons (Fsp3) is 0.583. The molecule has 0 bridgehead atoms. The summed E-state index contributed by atoms with van der Waals surface area (Å²) in [5.41, 5.74) is 0.982. The van der Waals surface area contributed by atoms with Gasteiger partial charge in [0, 0.05) is 38.3 Å². The van der Waals surface area contributed by atoms with Gasteiger partial charge in [0.1, 0.15) is 21.8 Å². The molecule has 9 nitrogen and oxygen atoms in total. The Hall–Kier alpha value is -2.20. The zero-order chi connectivity index (χ0) is 26.2. The van der Waals surface area contributed by atoms with Crippen molar-refractivity contribution in [3.63, 3.8) is 0 Å². The molecule has 4 heterocycles. The molecule has 3 aliphatic heterocycles. The minimum Gasteiger partial charge on any atom is -0.355 e. The van der Waals surface area contributed by atoms with E-state index in [1.54, 1.807) is 17.6 Å². The number of nitriles is 1. The molecule has 0 N–H and O–H groups in total. The second-order valence-electron chi connectivity index (χ2n) is 9.56. The third kappa shape index (κ3) is 5.11. The zero-order valence-electron chi connectivity index (χ0n) is 20.8. The van der Waals surface area contributed by atoms with Gasteiger partial charge in [-0.05, 0) is 38.5 Å². The van der Waals surface area contributed by atoms with E-state index in [4.69, 9.17) is 12.2 Å². The molecule has 1 amide bonds. The molecule has 36 heavy (non-hydrogen) atoms. The maximum absolute atomic E-state index is 13.4. The van der Waals surface area contributed by atoms with E-state index in [1.807, 2.05) is 0 Å². The first-order valence-electron chi connectivity index (χ1n) is 12.2. The third-order valence-corrected chi connectivity index (χ3v) is 10.1. The number of nitrogens with zero attached hydrogens (tertiary/aromatic N) is 5. The average molecular weight is 550 g/mol. The topological polar surface area (TPSA) is 107 Å². The van der Waals surface area contributed by atoms with Crippen molar-refractivity contribution in [2.75, 3.05) is 49.6 Å². The fourth-order valence-electron chi connectivity index (χ4n) is 4.93. The number of hydrogen-bond donors (Lipinski definition) is 0. The minimum absolute atomic E-state index is 0.0500. The first-order valence-corrected chi connectivity index (χ1v) is 15.2. The van der Waals surface area contributed by atoms with Crippen molar-refractivity contribution in [1.82, 2.24) is 14.4 Å². The highest BCUT2D eigenvalue weighted by molar-refractivity contribution is 8.26. The molecule has 0 aliphatic carbocycles. The first kappa shape index (κ1) is 26.9. The van der Waals surface area contributed by atoms with Gasteiger partial charge in [-0.1, -0.05) is 37.3 Å². The van der Waals surface area contributed by atoms with Crippen LogP contribution in [0.4, 0.5) is 5.82 Å². The lowest BCUT2D eigenvalue weighted by atomic mass is 10.0. The monoisotopic (exact) mass is 549 g/mol. The molecule has 1 aromatic rings. The molecule has 1 aromatic heterocycles. The van der Waals surface area contributed by atoms with E-state index in [0.717, 1.165) is 56.6 Å². The van der Waals surface area contributed by atoms with Crippen molar-refractivity contribution < 1.29 is 13.2 Å². The Balaban J connectivity index is 1.84. The molecule has 3 aliphatic rings. The van der Waals surface area contributed by atoms with E-state index in [-0.39, 0.29) is 28.5 Å². The van der Waals surface area contributed by atoms with Crippen LogP contribution in [-0.2, 0) is 21.2 Å². The van der Waals surface area contributed by atoms with Gasteiger partial charge in [-0.3, -0.25) is 19.1 Å². The average Bonchev–Trinajstić information content (AvgIpc) is 3.32. The second kappa shape index (κ2) is 10.7. The quantitative estimate of drug-likeness (QED) is 0.389. The number of likely N-dealkylation sites (N-methyl/N-ethyl adjacent to an activating group) is 1. The summed E-state index contributed by atoms with van der Waals surface area (Å²) in [4.78, 5) is 33.0. The van der Waals surface area contributed by atoms with Gasteiger partial charge >= 0.3 is 0 Å². The number of carbonyl (C=O) groups is 1. The second-order valence-corrected chi connectivity index (χ2v) is 13.5. The standard InChI is InChI=1S/C24H31N5O4S3/c1-4-5-7-28-21(27-10-8-26(3)9-11-27)18(16(2)19(14-25)22(28)30)13-20-23(31)29(24(34)35-20)17-6-12-36(32,33)15-17/h13,17H,4-12,15H2,1-3H3. The van der Waals surface area contributed by atoms with Crippen molar-refractivity contribution >= 4 is 55.9 Å². The summed E-state index contributed by atoms with van der Waals surface area (Å²) in [7, 11) is -1.13. The van der Waals surface area contributed by atoms with Crippen molar-refractivity contribution in [3.8, 4) is 6.07 Å². The SMILES string of the molecule is CCCCn1c(N2CCN(C)CC2)c(C=C2SC(=S)N(C3CCS(=O)(=O)C3)C2=O)c(C)c(C#N)c1=O. The van der Waals surface area contributed by atoms with Gasteiger partial charge in [-0.25, -0.2) is 8.42 Å². The van der Waals surface area contributed by atoms with Crippen LogP contribution < -0.4 is 10.5 Å². The Morgan fingerprint density at radius 2 is 1.92 bits per heavy atom. The third-order valence-electron chi connectivity index (χ3n) is 7.06. The summed E-state index contributed by atoms with van der Waals surface area (Å²) in [6, 6.07) is 1.62. The lowest BCUT2D eigenvalue weighted by Crippen LogP contribution is -2.47. The van der Waals surface area contributed by atoms with Gasteiger partial charge in [0.25, 0.3) is 11.5 Å². The van der Waals surface area contributed by atoms with E-state index < -0.39 is 15.9 Å². The first-order chi connectivity index (χ1) is 17.1. The van der Waals surface area contributed by atoms with Crippen molar-refractivity contribution in [1.29, 1.82) is 5.26 Å². The minimum atomic E-state index is -3.18. The van der Waals surface area contributed by atoms with Crippen LogP contribution in [0.1, 0.15) is 42.9 Å². The number of piperazine rings is 1. The van der Waals surface area contributed by atoms with E-state index in [9.17, 15) is 23.3 Å². The number of carbonyl (C=O) groups excluding carboxylic acids is 1. The highest BCUT2D eigenvalue weighted by Crippen LogP contribution is 2.38. The number of amides is 1. The predicted molar refractivity (Wildman–Crippen MR) is 147 cm³/mol. The van der Waals surface area contributed by atoms with Crippen molar-refractivity contribution in [2.24, 2.45) is 0 Å². The van der Waals surface area contributed by atoms with Gasteiger partial charge in [-0.15, -0.1) is 0 Å². The lowest BCUT2D eigenvalue weighted by molar-refractivity contribution is -0.123. The van der Waals surface area contributed by atoms with Crippen LogP contribution in [0.2, 0.25) is 0 Å². The Morgan fingerprint density at radius 1 is 1.22 bits per heavy atom. The van der Waals surface area contributed by atoms with Crippen LogP contribution in [0.5, 0.6) is 0 Å². The summed E-state index contributed by atoms with van der Waals surface area (Å²) in [5.74, 6) is 0.375. The molecule has 0 aromatic carbocycles. The number of pyridine rings is 1. The molecular weight excluding hydrogens is 518 g/mol. The normalized spacial score (nSPS) is 23.6. The summed E-state index contributed by atoms with van der Waals surface area (Å²) in [5, 5.41) is 9.84. The number of thiocarbonyl (C=S) groups is 1. The van der Waals surface area contributed by atoms with Crippen LogP contribution >= 0.6 is 24.0 Å². The molecule has 0 spiro atoms. The molecule has 0 saturated carbocycles. The van der Waals surface area contributed by atoms with Gasteiger partial charge in [0.05, 0.1) is 22.5 Å². The number of anilines is 1. The van der Waals surface area contributed by atoms with Gasteiger partial charge in [0.15, 0.2) is 9.84 Å². The molecule has 3 saturated heterocycles. The predicted octanol–water partition coefficient (Wildman–Crippen LogP) is 1.97. The lowest BCUT2D eigenvalue weighted by Gasteiger charge is -2.36. The van der Waals surface area contributed by atoms with E-state index in [0.29, 0.717) is 33.3 Å². The highest BCUT2D eigenvalue weighted by atomic mass is 32.2. The van der Waals surface area contributed by atoms with E-state index >= 15 is 0 Å². The molecule has 1 atom stereocenters. The molecule has 12 heteroatoms. The van der Waals surface area contributed by atoms with E-state index in [1.165, 1.54) is 4.90 Å². The smallest absolute Gasteiger partial charge is 0.270 e. The van der Waals surface area contributed by atoms with Crippen molar-refractivity contribution in [3.05, 3.63) is 31.9 Å². The Kier molecular flexibility index (Phi) is 7.95. The van der Waals surface area contributed by atoms with Crippen LogP contribution in [-0.4, -0.2) is 83.8 Å². The van der Waals surface area contributed by atoms with Crippen LogP contribution in [0.3, 0.4) is 0 Å². The largest absolute Gasteiger partial charge is 0.355 e. The summed E-state index contributed by atoms with van der Waals surface area (Å²) < 4.78 is 26.1. The number of rotatable bonds is 6. The summed E-state index contributed by atoms with van der Waals surface area (Å²) in [6.07, 6.45) is 3.79. The van der Waals surface area contributed by atoms with Crippen LogP contribution in [0.15, 0.2) is 9.70 Å². The number of thioether (sulfide) groups is 1. The zero-order valence-corrected chi connectivity index (χ0v) is 23.3. The van der Waals surface area contributed by atoms with Gasteiger partial charge in [-0.2, -0.15) is 5.26 Å². The molecule has 4 rings (SSSR count).